The molecule has 2 N–H and O–H groups in total. The number of hydrogen-bond donors (Lipinski definition) is 2. The number of aryl methyl sites for hydroxylation is 1. The van der Waals surface area contributed by atoms with Gasteiger partial charge in [0.2, 0.25) is 0 Å². The van der Waals surface area contributed by atoms with Gasteiger partial charge in [-0.05, 0) is 32.9 Å². The van der Waals surface area contributed by atoms with Gasteiger partial charge in [0.15, 0.2) is 0 Å². The molecule has 3 heterocycles. The Labute approximate surface area is 137 Å². The number of rotatable bonds is 3. The van der Waals surface area contributed by atoms with Crippen LogP contribution in [0.1, 0.15) is 30.1 Å². The summed E-state index contributed by atoms with van der Waals surface area (Å²) in [5, 5.41) is 10.4. The van der Waals surface area contributed by atoms with Gasteiger partial charge in [-0.1, -0.05) is 0 Å². The summed E-state index contributed by atoms with van der Waals surface area (Å²) in [5.74, 6) is 0.330. The van der Waals surface area contributed by atoms with E-state index in [0.29, 0.717) is 12.5 Å². The predicted molar refractivity (Wildman–Crippen MR) is 87.5 cm³/mol. The Morgan fingerprint density at radius 2 is 2.35 bits per heavy atom. The third-order valence-electron chi connectivity index (χ3n) is 4.68. The molecule has 1 aromatic heterocycles. The molecule has 2 aliphatic rings. The number of likely N-dealkylation sites (N-methyl/N-ethyl adjacent to an activating group) is 1. The zero-order valence-corrected chi connectivity index (χ0v) is 14.0. The molecule has 3 rings (SSSR count). The number of H-pyrrole nitrogens is 1. The van der Waals surface area contributed by atoms with E-state index < -0.39 is 0 Å². The average Bonchev–Trinajstić information content (AvgIpc) is 2.99. The Morgan fingerprint density at radius 1 is 1.48 bits per heavy atom. The number of hydrogen-bond acceptors (Lipinski definition) is 4. The van der Waals surface area contributed by atoms with Crippen LogP contribution in [-0.2, 0) is 4.74 Å². The molecule has 128 valence electrons. The number of carbonyl (C=O) groups is 1. The van der Waals surface area contributed by atoms with Crippen molar-refractivity contribution in [2.45, 2.75) is 31.8 Å². The smallest absolute Gasteiger partial charge is 0.317 e. The molecule has 2 atom stereocenters. The SMILES string of the molecule is Cc1cc(C2CCCN(C(=O)NCC3CN(C)CCO3)C2)n[nH]1. The van der Waals surface area contributed by atoms with Crippen LogP contribution in [0.4, 0.5) is 4.79 Å². The lowest BCUT2D eigenvalue weighted by atomic mass is 9.95. The average molecular weight is 321 g/mol. The highest BCUT2D eigenvalue weighted by atomic mass is 16.5. The lowest BCUT2D eigenvalue weighted by molar-refractivity contribution is -0.0173. The van der Waals surface area contributed by atoms with Gasteiger partial charge in [-0.2, -0.15) is 5.10 Å². The monoisotopic (exact) mass is 321 g/mol. The number of carbonyl (C=O) groups excluding carboxylic acids is 1. The van der Waals surface area contributed by atoms with E-state index in [4.69, 9.17) is 4.74 Å². The maximum atomic E-state index is 12.4. The van der Waals surface area contributed by atoms with E-state index in [2.05, 4.69) is 33.5 Å². The van der Waals surface area contributed by atoms with Gasteiger partial charge in [-0.15, -0.1) is 0 Å². The van der Waals surface area contributed by atoms with Crippen LogP contribution < -0.4 is 5.32 Å². The lowest BCUT2D eigenvalue weighted by Crippen LogP contribution is -2.50. The van der Waals surface area contributed by atoms with Crippen molar-refractivity contribution >= 4 is 6.03 Å². The van der Waals surface area contributed by atoms with Crippen LogP contribution in [0.2, 0.25) is 0 Å². The van der Waals surface area contributed by atoms with Crippen LogP contribution >= 0.6 is 0 Å². The highest BCUT2D eigenvalue weighted by Crippen LogP contribution is 2.25. The first-order valence-corrected chi connectivity index (χ1v) is 8.46. The minimum Gasteiger partial charge on any atom is -0.374 e. The third-order valence-corrected chi connectivity index (χ3v) is 4.68. The van der Waals surface area contributed by atoms with Gasteiger partial charge >= 0.3 is 6.03 Å². The van der Waals surface area contributed by atoms with E-state index in [9.17, 15) is 4.79 Å². The Balaban J connectivity index is 1.49. The quantitative estimate of drug-likeness (QED) is 0.869. The first-order chi connectivity index (χ1) is 11.1. The lowest BCUT2D eigenvalue weighted by Gasteiger charge is -2.34. The van der Waals surface area contributed by atoms with Crippen LogP contribution in [0.3, 0.4) is 0 Å². The number of aromatic amines is 1. The fourth-order valence-electron chi connectivity index (χ4n) is 3.35. The van der Waals surface area contributed by atoms with E-state index in [1.54, 1.807) is 0 Å². The van der Waals surface area contributed by atoms with Crippen molar-refractivity contribution in [3.63, 3.8) is 0 Å². The molecular weight excluding hydrogens is 294 g/mol. The third kappa shape index (κ3) is 4.23. The van der Waals surface area contributed by atoms with Crippen LogP contribution in [0, 0.1) is 6.92 Å². The van der Waals surface area contributed by atoms with E-state index in [0.717, 1.165) is 57.0 Å². The maximum Gasteiger partial charge on any atom is 0.317 e. The number of nitrogens with one attached hydrogen (secondary N) is 2. The molecule has 7 nitrogen and oxygen atoms in total. The summed E-state index contributed by atoms with van der Waals surface area (Å²) in [4.78, 5) is 16.6. The van der Waals surface area contributed by atoms with Gasteiger partial charge in [0.25, 0.3) is 0 Å². The van der Waals surface area contributed by atoms with Crippen molar-refractivity contribution in [2.75, 3.05) is 46.4 Å². The van der Waals surface area contributed by atoms with Crippen molar-refractivity contribution in [1.82, 2.24) is 25.3 Å². The fourth-order valence-corrected chi connectivity index (χ4v) is 3.35. The van der Waals surface area contributed by atoms with Gasteiger partial charge in [0.1, 0.15) is 0 Å². The molecule has 2 unspecified atom stereocenters. The molecule has 23 heavy (non-hydrogen) atoms. The van der Waals surface area contributed by atoms with Crippen LogP contribution in [0.25, 0.3) is 0 Å². The van der Waals surface area contributed by atoms with Crippen molar-refractivity contribution in [1.29, 1.82) is 0 Å². The van der Waals surface area contributed by atoms with Crippen molar-refractivity contribution in [2.24, 2.45) is 0 Å². The normalized spacial score (nSPS) is 26.3. The largest absolute Gasteiger partial charge is 0.374 e. The fraction of sp³-hybridized carbons (Fsp3) is 0.750. The maximum absolute atomic E-state index is 12.4. The van der Waals surface area contributed by atoms with Gasteiger partial charge in [0.05, 0.1) is 18.4 Å². The van der Waals surface area contributed by atoms with Gasteiger partial charge < -0.3 is 19.9 Å². The number of amides is 2. The zero-order valence-electron chi connectivity index (χ0n) is 14.0. The second kappa shape index (κ2) is 7.31. The van der Waals surface area contributed by atoms with E-state index in [-0.39, 0.29) is 12.1 Å². The number of nitrogens with zero attached hydrogens (tertiary/aromatic N) is 3. The van der Waals surface area contributed by atoms with Crippen LogP contribution in [-0.4, -0.2) is 78.5 Å². The first kappa shape index (κ1) is 16.3. The predicted octanol–water partition coefficient (Wildman–Crippen LogP) is 0.938. The number of urea groups is 1. The van der Waals surface area contributed by atoms with E-state index in [1.165, 1.54) is 0 Å². The number of morpholine rings is 1. The van der Waals surface area contributed by atoms with Crippen LogP contribution in [0.15, 0.2) is 6.07 Å². The molecule has 0 aliphatic carbocycles. The molecular formula is C16H27N5O2. The second-order valence-electron chi connectivity index (χ2n) is 6.70. The molecule has 0 radical (unpaired) electrons. The molecule has 0 saturated carbocycles. The van der Waals surface area contributed by atoms with E-state index in [1.807, 2.05) is 11.8 Å². The molecule has 2 fully saturated rings. The topological polar surface area (TPSA) is 73.5 Å². The van der Waals surface area contributed by atoms with Crippen LogP contribution in [0.5, 0.6) is 0 Å². The Kier molecular flexibility index (Phi) is 5.17. The summed E-state index contributed by atoms with van der Waals surface area (Å²) in [6.07, 6.45) is 2.20. The molecule has 0 aromatic carbocycles. The van der Waals surface area contributed by atoms with Gasteiger partial charge in [0, 0.05) is 44.3 Å². The summed E-state index contributed by atoms with van der Waals surface area (Å²) < 4.78 is 5.69. The number of likely N-dealkylation sites (tertiary alicyclic amines) is 1. The highest BCUT2D eigenvalue weighted by Gasteiger charge is 2.27. The standard InChI is InChI=1S/C16H27N5O2/c1-12-8-15(19-18-12)13-4-3-5-21(10-13)16(22)17-9-14-11-20(2)6-7-23-14/h8,13-14H,3-7,9-11H2,1-2H3,(H,17,22)(H,18,19). The van der Waals surface area contributed by atoms with Crippen molar-refractivity contribution < 1.29 is 9.53 Å². The summed E-state index contributed by atoms with van der Waals surface area (Å²) in [6, 6.07) is 2.09. The van der Waals surface area contributed by atoms with Crippen molar-refractivity contribution in [3.05, 3.63) is 17.5 Å². The van der Waals surface area contributed by atoms with Crippen molar-refractivity contribution in [3.8, 4) is 0 Å². The zero-order chi connectivity index (χ0) is 16.2. The molecule has 1 aromatic rings. The molecule has 7 heteroatoms. The number of aromatic nitrogens is 2. The minimum absolute atomic E-state index is 0.0128. The Bertz CT molecular complexity index is 532. The molecule has 0 bridgehead atoms. The minimum atomic E-state index is 0.0128. The van der Waals surface area contributed by atoms with Gasteiger partial charge in [-0.3, -0.25) is 5.10 Å². The summed E-state index contributed by atoms with van der Waals surface area (Å²) in [5.41, 5.74) is 2.14. The summed E-state index contributed by atoms with van der Waals surface area (Å²) in [7, 11) is 2.08. The van der Waals surface area contributed by atoms with E-state index >= 15 is 0 Å². The number of piperidine rings is 1. The Hall–Kier alpha value is -1.60. The molecule has 2 amide bonds. The molecule has 2 aliphatic heterocycles. The summed E-state index contributed by atoms with van der Waals surface area (Å²) in [6.45, 7) is 6.70. The van der Waals surface area contributed by atoms with Gasteiger partial charge in [-0.25, -0.2) is 4.79 Å². The highest BCUT2D eigenvalue weighted by molar-refractivity contribution is 5.74. The number of ether oxygens (including phenoxy) is 1. The molecule has 2 saturated heterocycles. The Morgan fingerprint density at radius 3 is 3.09 bits per heavy atom. The second-order valence-corrected chi connectivity index (χ2v) is 6.70. The first-order valence-electron chi connectivity index (χ1n) is 8.46. The summed E-state index contributed by atoms with van der Waals surface area (Å²) >= 11 is 0. The molecule has 0 spiro atoms.